The minimum atomic E-state index is -0.373. The van der Waals surface area contributed by atoms with Crippen LogP contribution in [0, 0.1) is 0 Å². The molecule has 172 valence electrons. The normalized spacial score (nSPS) is 11.4. The summed E-state index contributed by atoms with van der Waals surface area (Å²) in [7, 11) is 1.50. The molecule has 0 unspecified atom stereocenters. The van der Waals surface area contributed by atoms with Gasteiger partial charge in [0.05, 0.1) is 0 Å². The molecular weight excluding hydrogens is 440 g/mol. The summed E-state index contributed by atoms with van der Waals surface area (Å²) in [5.41, 5.74) is 2.80. The number of nitrogens with one attached hydrogen (secondary N) is 2. The van der Waals surface area contributed by atoms with Gasteiger partial charge in [-0.1, -0.05) is 47.8 Å². The van der Waals surface area contributed by atoms with Crippen LogP contribution in [-0.2, 0) is 9.59 Å². The van der Waals surface area contributed by atoms with Crippen LogP contribution in [0.3, 0.4) is 0 Å². The Morgan fingerprint density at radius 2 is 1.82 bits per heavy atom. The molecule has 0 saturated carbocycles. The van der Waals surface area contributed by atoms with Crippen molar-refractivity contribution in [3.63, 3.8) is 0 Å². The molecule has 0 radical (unpaired) electrons. The van der Waals surface area contributed by atoms with Crippen molar-refractivity contribution in [3.8, 4) is 11.1 Å². The first kappa shape index (κ1) is 24.2. The lowest BCUT2D eigenvalue weighted by atomic mass is 10.0. The van der Waals surface area contributed by atoms with Gasteiger partial charge in [-0.05, 0) is 54.5 Å². The number of oxime groups is 1. The van der Waals surface area contributed by atoms with E-state index in [9.17, 15) is 9.59 Å². The maximum Gasteiger partial charge on any atom is 0.268 e. The third kappa shape index (κ3) is 6.76. The van der Waals surface area contributed by atoms with E-state index in [-0.39, 0.29) is 17.5 Å². The summed E-state index contributed by atoms with van der Waals surface area (Å²) in [6, 6.07) is 13.4. The molecule has 33 heavy (non-hydrogen) atoms. The number of carbonyl (C=O) groups excluding carboxylic acids is 2. The van der Waals surface area contributed by atoms with E-state index < -0.39 is 0 Å². The predicted octanol–water partition coefficient (Wildman–Crippen LogP) is 5.41. The number of nitrogens with zero attached hydrogens (tertiary/aromatic N) is 2. The standard InChI is InChI=1S/C25H27ClN4O3/c1-27-25(32)23(30-33)9-4-2-3-5-10-24(31)29-20-8-6-7-17(14-20)22-16-28-15-18-13-19(26)11-12-21(18)22/h6-8,11-16,33H,2-5,9-10H2,1H3,(H,27,32)(H,29,31)/b30-23-. The summed E-state index contributed by atoms with van der Waals surface area (Å²) >= 11 is 6.10. The summed E-state index contributed by atoms with van der Waals surface area (Å²) < 4.78 is 0. The first-order chi connectivity index (χ1) is 16.0. The zero-order valence-corrected chi connectivity index (χ0v) is 19.2. The molecule has 0 fully saturated rings. The smallest absolute Gasteiger partial charge is 0.268 e. The van der Waals surface area contributed by atoms with Crippen LogP contribution in [0.25, 0.3) is 21.9 Å². The van der Waals surface area contributed by atoms with Crippen molar-refractivity contribution in [1.82, 2.24) is 10.3 Å². The minimum Gasteiger partial charge on any atom is -0.410 e. The van der Waals surface area contributed by atoms with Gasteiger partial charge in [0.15, 0.2) is 0 Å². The lowest BCUT2D eigenvalue weighted by Gasteiger charge is -2.10. The number of anilines is 1. The largest absolute Gasteiger partial charge is 0.410 e. The number of rotatable bonds is 10. The summed E-state index contributed by atoms with van der Waals surface area (Å²) in [5, 5.41) is 20.0. The molecule has 2 aromatic carbocycles. The van der Waals surface area contributed by atoms with Gasteiger partial charge in [-0.15, -0.1) is 0 Å². The molecule has 0 spiro atoms. The number of pyridine rings is 1. The van der Waals surface area contributed by atoms with Gasteiger partial charge in [0.25, 0.3) is 5.91 Å². The van der Waals surface area contributed by atoms with Crippen molar-refractivity contribution in [2.24, 2.45) is 5.16 Å². The van der Waals surface area contributed by atoms with Gasteiger partial charge in [0.2, 0.25) is 5.91 Å². The van der Waals surface area contributed by atoms with Crippen molar-refractivity contribution >= 4 is 45.6 Å². The van der Waals surface area contributed by atoms with Crippen LogP contribution in [-0.4, -0.2) is 34.8 Å². The van der Waals surface area contributed by atoms with Crippen LogP contribution in [0.5, 0.6) is 0 Å². The van der Waals surface area contributed by atoms with Crippen molar-refractivity contribution in [1.29, 1.82) is 0 Å². The Balaban J connectivity index is 1.51. The fourth-order valence-corrected chi connectivity index (χ4v) is 3.83. The number of fused-ring (bicyclic) bond motifs is 1. The van der Waals surface area contributed by atoms with Crippen LogP contribution in [0.2, 0.25) is 5.02 Å². The van der Waals surface area contributed by atoms with Crippen molar-refractivity contribution in [2.45, 2.75) is 38.5 Å². The number of aromatic nitrogens is 1. The molecule has 0 aliphatic rings. The van der Waals surface area contributed by atoms with Crippen LogP contribution < -0.4 is 10.6 Å². The zero-order chi connectivity index (χ0) is 23.6. The Labute approximate surface area is 197 Å². The Morgan fingerprint density at radius 3 is 2.58 bits per heavy atom. The van der Waals surface area contributed by atoms with Crippen LogP contribution in [0.1, 0.15) is 38.5 Å². The van der Waals surface area contributed by atoms with Gasteiger partial charge in [0.1, 0.15) is 5.71 Å². The number of halogens is 1. The lowest BCUT2D eigenvalue weighted by Crippen LogP contribution is -2.27. The number of benzene rings is 2. The van der Waals surface area contributed by atoms with Crippen LogP contribution >= 0.6 is 11.6 Å². The highest BCUT2D eigenvalue weighted by atomic mass is 35.5. The molecule has 8 heteroatoms. The maximum atomic E-state index is 12.4. The minimum absolute atomic E-state index is 0.0436. The van der Waals surface area contributed by atoms with Crippen molar-refractivity contribution < 1.29 is 14.8 Å². The molecule has 1 aromatic heterocycles. The van der Waals surface area contributed by atoms with E-state index in [1.54, 1.807) is 6.20 Å². The second-order valence-electron chi connectivity index (χ2n) is 7.72. The number of amides is 2. The van der Waals surface area contributed by atoms with E-state index in [4.69, 9.17) is 16.8 Å². The quantitative estimate of drug-likeness (QED) is 0.161. The van der Waals surface area contributed by atoms with Gasteiger partial charge in [-0.2, -0.15) is 0 Å². The number of hydrogen-bond donors (Lipinski definition) is 3. The van der Waals surface area contributed by atoms with Gasteiger partial charge >= 0.3 is 0 Å². The first-order valence-corrected chi connectivity index (χ1v) is 11.3. The van der Waals surface area contributed by atoms with Crippen molar-refractivity contribution in [3.05, 3.63) is 59.9 Å². The highest BCUT2D eigenvalue weighted by Crippen LogP contribution is 2.30. The molecule has 3 aromatic rings. The number of carbonyl (C=O) groups is 2. The van der Waals surface area contributed by atoms with Crippen LogP contribution in [0.15, 0.2) is 60.0 Å². The second-order valence-corrected chi connectivity index (χ2v) is 8.16. The van der Waals surface area contributed by atoms with Gasteiger partial charge in [0, 0.05) is 47.5 Å². The predicted molar refractivity (Wildman–Crippen MR) is 132 cm³/mol. The third-order valence-electron chi connectivity index (χ3n) is 5.36. The monoisotopic (exact) mass is 466 g/mol. The second kappa shape index (κ2) is 12.0. The van der Waals surface area contributed by atoms with E-state index in [0.717, 1.165) is 53.3 Å². The summed E-state index contributed by atoms with van der Waals surface area (Å²) in [4.78, 5) is 28.2. The number of hydrogen-bond acceptors (Lipinski definition) is 5. The molecule has 0 saturated heterocycles. The zero-order valence-electron chi connectivity index (χ0n) is 18.5. The molecule has 3 rings (SSSR count). The molecule has 3 N–H and O–H groups in total. The topological polar surface area (TPSA) is 104 Å². The van der Waals surface area contributed by atoms with E-state index in [0.29, 0.717) is 17.9 Å². The molecule has 1 heterocycles. The fourth-order valence-electron chi connectivity index (χ4n) is 3.65. The molecule has 0 aliphatic heterocycles. The third-order valence-corrected chi connectivity index (χ3v) is 5.59. The summed E-state index contributed by atoms with van der Waals surface area (Å²) in [6.45, 7) is 0. The summed E-state index contributed by atoms with van der Waals surface area (Å²) in [6.07, 6.45) is 7.58. The average Bonchev–Trinajstić information content (AvgIpc) is 2.82. The highest BCUT2D eigenvalue weighted by Gasteiger charge is 2.10. The van der Waals surface area contributed by atoms with Gasteiger partial charge in [-0.3, -0.25) is 14.6 Å². The fraction of sp³-hybridized carbons (Fsp3) is 0.280. The number of unbranched alkanes of at least 4 members (excludes halogenated alkanes) is 3. The van der Waals surface area contributed by atoms with E-state index in [1.807, 2.05) is 48.7 Å². The van der Waals surface area contributed by atoms with E-state index in [1.165, 1.54) is 7.05 Å². The Kier molecular flexibility index (Phi) is 8.78. The summed E-state index contributed by atoms with van der Waals surface area (Å²) in [5.74, 6) is -0.417. The molecule has 7 nitrogen and oxygen atoms in total. The molecule has 0 bridgehead atoms. The Hall–Kier alpha value is -3.45. The molecular formula is C25H27ClN4O3. The van der Waals surface area contributed by atoms with Gasteiger partial charge < -0.3 is 15.8 Å². The lowest BCUT2D eigenvalue weighted by molar-refractivity contribution is -0.116. The maximum absolute atomic E-state index is 12.4. The Morgan fingerprint density at radius 1 is 1.03 bits per heavy atom. The SMILES string of the molecule is CNC(=O)/C(CCCCCCC(=O)Nc1cccc(-c2cncc3cc(Cl)ccc23)c1)=N\O. The Bertz CT molecular complexity index is 1160. The van der Waals surface area contributed by atoms with E-state index in [2.05, 4.69) is 20.8 Å². The molecule has 2 amide bonds. The average molecular weight is 467 g/mol. The highest BCUT2D eigenvalue weighted by molar-refractivity contribution is 6.38. The van der Waals surface area contributed by atoms with E-state index >= 15 is 0 Å². The van der Waals surface area contributed by atoms with Gasteiger partial charge in [-0.25, -0.2) is 0 Å². The van der Waals surface area contributed by atoms with Crippen LogP contribution in [0.4, 0.5) is 5.69 Å². The first-order valence-electron chi connectivity index (χ1n) is 10.9. The molecule has 0 atom stereocenters. The molecule has 0 aliphatic carbocycles. The van der Waals surface area contributed by atoms with Crippen molar-refractivity contribution in [2.75, 3.05) is 12.4 Å².